The van der Waals surface area contributed by atoms with Gasteiger partial charge in [0, 0.05) is 5.56 Å². The van der Waals surface area contributed by atoms with Crippen LogP contribution in [-0.2, 0) is 11.2 Å². The Morgan fingerprint density at radius 3 is 2.36 bits per heavy atom. The van der Waals surface area contributed by atoms with Gasteiger partial charge in [-0.3, -0.25) is 9.59 Å². The van der Waals surface area contributed by atoms with Crippen LogP contribution in [0.2, 0.25) is 0 Å². The van der Waals surface area contributed by atoms with E-state index in [-0.39, 0.29) is 23.1 Å². The molecule has 6 N–H and O–H groups in total. The summed E-state index contributed by atoms with van der Waals surface area (Å²) < 4.78 is 13.7. The Labute approximate surface area is 143 Å². The van der Waals surface area contributed by atoms with Crippen molar-refractivity contribution in [2.75, 3.05) is 5.32 Å². The second kappa shape index (κ2) is 7.89. The summed E-state index contributed by atoms with van der Waals surface area (Å²) in [6, 6.07) is 8.32. The molecule has 25 heavy (non-hydrogen) atoms. The molecule has 2 aromatic carbocycles. The number of halogens is 1. The van der Waals surface area contributed by atoms with Gasteiger partial charge in [-0.05, 0) is 41.7 Å². The SMILES string of the molecule is N[C@@H](Cc1ccc(C(=O)Nc2cc(B(O)O)ccc2F)cc1)C(=O)O. The van der Waals surface area contributed by atoms with Crippen molar-refractivity contribution >= 4 is 30.1 Å². The maximum atomic E-state index is 13.7. The molecule has 0 aliphatic carbocycles. The van der Waals surface area contributed by atoms with Crippen LogP contribution in [0.4, 0.5) is 10.1 Å². The zero-order valence-electron chi connectivity index (χ0n) is 13.0. The van der Waals surface area contributed by atoms with E-state index in [0.29, 0.717) is 5.56 Å². The molecule has 0 radical (unpaired) electrons. The molecule has 9 heteroatoms. The van der Waals surface area contributed by atoms with Gasteiger partial charge >= 0.3 is 13.1 Å². The highest BCUT2D eigenvalue weighted by Gasteiger charge is 2.16. The lowest BCUT2D eigenvalue weighted by molar-refractivity contribution is -0.138. The Morgan fingerprint density at radius 2 is 1.80 bits per heavy atom. The van der Waals surface area contributed by atoms with E-state index in [4.69, 9.17) is 20.9 Å². The topological polar surface area (TPSA) is 133 Å². The maximum Gasteiger partial charge on any atom is 0.488 e. The van der Waals surface area contributed by atoms with Crippen molar-refractivity contribution in [3.8, 4) is 0 Å². The summed E-state index contributed by atoms with van der Waals surface area (Å²) in [7, 11) is -1.78. The molecule has 0 bridgehead atoms. The van der Waals surface area contributed by atoms with Crippen LogP contribution < -0.4 is 16.5 Å². The normalized spacial score (nSPS) is 11.7. The van der Waals surface area contributed by atoms with E-state index in [9.17, 15) is 14.0 Å². The Hall–Kier alpha value is -2.75. The van der Waals surface area contributed by atoms with Crippen LogP contribution in [0, 0.1) is 5.82 Å². The lowest BCUT2D eigenvalue weighted by Crippen LogP contribution is -2.32. The van der Waals surface area contributed by atoms with Gasteiger partial charge in [-0.1, -0.05) is 18.2 Å². The Balaban J connectivity index is 2.11. The summed E-state index contributed by atoms with van der Waals surface area (Å²) in [6.07, 6.45) is 0.113. The van der Waals surface area contributed by atoms with E-state index in [1.807, 2.05) is 0 Å². The quantitative estimate of drug-likeness (QED) is 0.457. The number of nitrogens with one attached hydrogen (secondary N) is 1. The van der Waals surface area contributed by atoms with Gasteiger partial charge < -0.3 is 26.2 Å². The van der Waals surface area contributed by atoms with E-state index in [1.165, 1.54) is 18.2 Å². The second-order valence-corrected chi connectivity index (χ2v) is 5.41. The number of hydrogen-bond donors (Lipinski definition) is 5. The molecule has 0 saturated carbocycles. The average Bonchev–Trinajstić information content (AvgIpc) is 2.57. The number of aliphatic carboxylic acids is 1. The number of carboxylic acid groups (broad SMARTS) is 1. The van der Waals surface area contributed by atoms with Crippen molar-refractivity contribution in [3.05, 3.63) is 59.4 Å². The van der Waals surface area contributed by atoms with Crippen molar-refractivity contribution in [1.82, 2.24) is 0 Å². The van der Waals surface area contributed by atoms with Crippen LogP contribution >= 0.6 is 0 Å². The predicted octanol–water partition coefficient (Wildman–Crippen LogP) is -0.288. The maximum absolute atomic E-state index is 13.7. The summed E-state index contributed by atoms with van der Waals surface area (Å²) in [5.41, 5.74) is 6.16. The number of benzene rings is 2. The molecule has 1 atom stereocenters. The number of carbonyl (C=O) groups excluding carboxylic acids is 1. The van der Waals surface area contributed by atoms with Gasteiger partial charge in [-0.25, -0.2) is 4.39 Å². The minimum Gasteiger partial charge on any atom is -0.480 e. The van der Waals surface area contributed by atoms with E-state index in [0.717, 1.165) is 12.1 Å². The lowest BCUT2D eigenvalue weighted by Gasteiger charge is -2.10. The summed E-state index contributed by atoms with van der Waals surface area (Å²) in [5.74, 6) is -2.44. The van der Waals surface area contributed by atoms with E-state index in [1.54, 1.807) is 12.1 Å². The third kappa shape index (κ3) is 4.86. The number of anilines is 1. The first-order valence-electron chi connectivity index (χ1n) is 7.32. The van der Waals surface area contributed by atoms with Crippen molar-refractivity contribution < 1.29 is 29.1 Å². The fraction of sp³-hybridized carbons (Fsp3) is 0.125. The van der Waals surface area contributed by atoms with Gasteiger partial charge in [0.05, 0.1) is 5.69 Å². The van der Waals surface area contributed by atoms with Crippen molar-refractivity contribution in [3.63, 3.8) is 0 Å². The van der Waals surface area contributed by atoms with Gasteiger partial charge in [-0.15, -0.1) is 0 Å². The molecular weight excluding hydrogens is 330 g/mol. The molecule has 2 aromatic rings. The molecule has 0 saturated heterocycles. The standard InChI is InChI=1S/C16H16BFN2O5/c18-12-6-5-11(17(24)25)8-14(12)20-15(21)10-3-1-9(2-4-10)7-13(19)16(22)23/h1-6,8,13,24-25H,7,19H2,(H,20,21)(H,22,23)/t13-/m0/s1. The zero-order valence-corrected chi connectivity index (χ0v) is 13.0. The second-order valence-electron chi connectivity index (χ2n) is 5.41. The average molecular weight is 346 g/mol. The third-order valence-corrected chi connectivity index (χ3v) is 3.53. The summed E-state index contributed by atoms with van der Waals surface area (Å²) in [4.78, 5) is 22.9. The molecule has 2 rings (SSSR count). The van der Waals surface area contributed by atoms with Gasteiger partial charge in [-0.2, -0.15) is 0 Å². The minimum absolute atomic E-state index is 0.0368. The summed E-state index contributed by atoms with van der Waals surface area (Å²) >= 11 is 0. The Kier molecular flexibility index (Phi) is 5.86. The monoisotopic (exact) mass is 346 g/mol. The van der Waals surface area contributed by atoms with Crippen LogP contribution in [-0.4, -0.2) is 40.2 Å². The molecule has 0 spiro atoms. The summed E-state index contributed by atoms with van der Waals surface area (Å²) in [5, 5.41) is 29.3. The van der Waals surface area contributed by atoms with Crippen molar-refractivity contribution in [1.29, 1.82) is 0 Å². The van der Waals surface area contributed by atoms with Crippen LogP contribution in [0.3, 0.4) is 0 Å². The summed E-state index contributed by atoms with van der Waals surface area (Å²) in [6.45, 7) is 0. The zero-order chi connectivity index (χ0) is 18.6. The molecular formula is C16H16BFN2O5. The lowest BCUT2D eigenvalue weighted by atomic mass is 9.80. The van der Waals surface area contributed by atoms with Crippen LogP contribution in [0.5, 0.6) is 0 Å². The highest BCUT2D eigenvalue weighted by molar-refractivity contribution is 6.58. The minimum atomic E-state index is -1.78. The third-order valence-electron chi connectivity index (χ3n) is 3.53. The van der Waals surface area contributed by atoms with Crippen molar-refractivity contribution in [2.45, 2.75) is 12.5 Å². The highest BCUT2D eigenvalue weighted by Crippen LogP contribution is 2.14. The van der Waals surface area contributed by atoms with Crippen LogP contribution in [0.25, 0.3) is 0 Å². The molecule has 130 valence electrons. The number of carbonyl (C=O) groups is 2. The number of nitrogens with two attached hydrogens (primary N) is 1. The molecule has 1 amide bonds. The van der Waals surface area contributed by atoms with Gasteiger partial charge in [0.15, 0.2) is 0 Å². The van der Waals surface area contributed by atoms with Crippen LogP contribution in [0.1, 0.15) is 15.9 Å². The molecule has 0 heterocycles. The first kappa shape index (κ1) is 18.6. The molecule has 0 aliphatic rings. The van der Waals surface area contributed by atoms with Gasteiger partial charge in [0.25, 0.3) is 5.91 Å². The first-order valence-corrected chi connectivity index (χ1v) is 7.32. The van der Waals surface area contributed by atoms with Crippen LogP contribution in [0.15, 0.2) is 42.5 Å². The molecule has 0 aliphatic heterocycles. The predicted molar refractivity (Wildman–Crippen MR) is 89.9 cm³/mol. The fourth-order valence-electron chi connectivity index (χ4n) is 2.13. The number of hydrogen-bond acceptors (Lipinski definition) is 5. The molecule has 7 nitrogen and oxygen atoms in total. The fourth-order valence-corrected chi connectivity index (χ4v) is 2.13. The molecule has 0 fully saturated rings. The highest BCUT2D eigenvalue weighted by atomic mass is 19.1. The Bertz CT molecular complexity index is 783. The first-order chi connectivity index (χ1) is 11.8. The molecule has 0 aromatic heterocycles. The van der Waals surface area contributed by atoms with E-state index < -0.39 is 30.9 Å². The number of carboxylic acids is 1. The number of amides is 1. The van der Waals surface area contributed by atoms with Gasteiger partial charge in [0.2, 0.25) is 0 Å². The largest absolute Gasteiger partial charge is 0.488 e. The van der Waals surface area contributed by atoms with E-state index >= 15 is 0 Å². The number of rotatable bonds is 6. The molecule has 0 unspecified atom stereocenters. The van der Waals surface area contributed by atoms with Gasteiger partial charge in [0.1, 0.15) is 11.9 Å². The smallest absolute Gasteiger partial charge is 0.480 e. The Morgan fingerprint density at radius 1 is 1.16 bits per heavy atom. The van der Waals surface area contributed by atoms with E-state index in [2.05, 4.69) is 5.32 Å². The van der Waals surface area contributed by atoms with Crippen molar-refractivity contribution in [2.24, 2.45) is 5.73 Å².